The Bertz CT molecular complexity index is 1270. The third kappa shape index (κ3) is 5.54. The molecule has 2 nitrogen and oxygen atoms in total. The van der Waals surface area contributed by atoms with E-state index in [0.29, 0.717) is 10.1 Å². The van der Waals surface area contributed by atoms with Crippen LogP contribution < -0.4 is 0 Å². The van der Waals surface area contributed by atoms with Crippen molar-refractivity contribution in [2.24, 2.45) is 0 Å². The summed E-state index contributed by atoms with van der Waals surface area (Å²) in [5.41, 5.74) is 6.98. The summed E-state index contributed by atoms with van der Waals surface area (Å²) in [6, 6.07) is 19.5. The highest BCUT2D eigenvalue weighted by Crippen LogP contribution is 2.37. The minimum atomic E-state index is 0.261. The molecule has 0 saturated carbocycles. The van der Waals surface area contributed by atoms with E-state index in [9.17, 15) is 0 Å². The molecule has 1 aromatic heterocycles. The van der Waals surface area contributed by atoms with E-state index < -0.39 is 0 Å². The fourth-order valence-electron chi connectivity index (χ4n) is 3.46. The summed E-state index contributed by atoms with van der Waals surface area (Å²) in [5, 5.41) is 9.51. The number of hydrogen-bond acceptors (Lipinski definition) is 1. The Kier molecular flexibility index (Phi) is 8.11. The van der Waals surface area contributed by atoms with Crippen molar-refractivity contribution in [1.29, 1.82) is 5.41 Å². The number of aromatic amines is 1. The molecule has 0 amide bonds. The molecule has 0 aliphatic rings. The van der Waals surface area contributed by atoms with E-state index in [0.717, 1.165) is 44.8 Å². The van der Waals surface area contributed by atoms with Crippen LogP contribution in [0.25, 0.3) is 16.8 Å². The molecule has 3 rings (SSSR count). The largest absolute Gasteiger partial charge is 0.353 e. The lowest BCUT2D eigenvalue weighted by atomic mass is 9.99. The second-order valence-corrected chi connectivity index (χ2v) is 8.35. The molecule has 0 aliphatic carbocycles. The van der Waals surface area contributed by atoms with Gasteiger partial charge in [-0.1, -0.05) is 115 Å². The molecule has 4 heteroatoms. The summed E-state index contributed by atoms with van der Waals surface area (Å²) in [5.74, 6) is 0. The van der Waals surface area contributed by atoms with Crippen LogP contribution in [-0.4, -0.2) is 10.7 Å². The maximum atomic E-state index is 8.52. The van der Waals surface area contributed by atoms with Crippen molar-refractivity contribution in [2.75, 3.05) is 0 Å². The molecular weight excluding hydrogens is 447 g/mol. The minimum absolute atomic E-state index is 0.261. The minimum Gasteiger partial charge on any atom is -0.353 e. The summed E-state index contributed by atoms with van der Waals surface area (Å²) in [6.45, 7) is 11.9. The van der Waals surface area contributed by atoms with Crippen molar-refractivity contribution in [3.63, 3.8) is 0 Å². The Morgan fingerprint density at radius 2 is 1.64 bits per heavy atom. The maximum absolute atomic E-state index is 8.52. The van der Waals surface area contributed by atoms with E-state index in [-0.39, 0.29) is 5.71 Å². The van der Waals surface area contributed by atoms with E-state index in [4.69, 9.17) is 28.6 Å². The highest BCUT2D eigenvalue weighted by molar-refractivity contribution is 6.46. The SMILES string of the molecule is C=C/C=C\C(=C)/C(=C\C(C)=C(\Cl)C(=N)c1ccccc1)c1[nH]c(-c2ccccc2)c(C)c1Cl. The summed E-state index contributed by atoms with van der Waals surface area (Å²) in [4.78, 5) is 3.49. The molecule has 3 aromatic rings. The van der Waals surface area contributed by atoms with Crippen molar-refractivity contribution < 1.29 is 0 Å². The van der Waals surface area contributed by atoms with Crippen LogP contribution in [0, 0.1) is 12.3 Å². The number of benzene rings is 2. The molecule has 0 aliphatic heterocycles. The third-order valence-electron chi connectivity index (χ3n) is 5.27. The summed E-state index contributed by atoms with van der Waals surface area (Å²) in [6.07, 6.45) is 7.31. The molecule has 2 N–H and O–H groups in total. The zero-order valence-corrected chi connectivity index (χ0v) is 20.3. The molecule has 0 saturated heterocycles. The van der Waals surface area contributed by atoms with Gasteiger partial charge in [0.1, 0.15) is 0 Å². The lowest BCUT2D eigenvalue weighted by molar-refractivity contribution is 1.33. The van der Waals surface area contributed by atoms with Gasteiger partial charge >= 0.3 is 0 Å². The second-order valence-electron chi connectivity index (χ2n) is 7.60. The van der Waals surface area contributed by atoms with Crippen LogP contribution >= 0.6 is 23.2 Å². The van der Waals surface area contributed by atoms with Gasteiger partial charge in [-0.15, -0.1) is 0 Å². The van der Waals surface area contributed by atoms with E-state index in [1.54, 1.807) is 6.08 Å². The molecular formula is C29H26Cl2N2. The van der Waals surface area contributed by atoms with Crippen LogP contribution in [0.5, 0.6) is 0 Å². The smallest absolute Gasteiger partial charge is 0.0801 e. The topological polar surface area (TPSA) is 39.6 Å². The lowest BCUT2D eigenvalue weighted by Gasteiger charge is -2.10. The number of aromatic nitrogens is 1. The normalized spacial score (nSPS) is 12.5. The van der Waals surface area contributed by atoms with Crippen LogP contribution in [-0.2, 0) is 0 Å². The lowest BCUT2D eigenvalue weighted by Crippen LogP contribution is -2.01. The molecule has 1 heterocycles. The van der Waals surface area contributed by atoms with Crippen molar-refractivity contribution in [3.8, 4) is 11.3 Å². The van der Waals surface area contributed by atoms with E-state index >= 15 is 0 Å². The number of hydrogen-bond donors (Lipinski definition) is 2. The molecule has 166 valence electrons. The number of nitrogens with one attached hydrogen (secondary N) is 2. The Morgan fingerprint density at radius 1 is 1.03 bits per heavy atom. The number of H-pyrrole nitrogens is 1. The first-order valence-corrected chi connectivity index (χ1v) is 11.2. The Labute approximate surface area is 205 Å². The van der Waals surface area contributed by atoms with E-state index in [1.165, 1.54) is 0 Å². The first kappa shape index (κ1) is 24.3. The van der Waals surface area contributed by atoms with Crippen LogP contribution in [0.3, 0.4) is 0 Å². The summed E-state index contributed by atoms with van der Waals surface area (Å²) >= 11 is 13.4. The van der Waals surface area contributed by atoms with Crippen LogP contribution in [0.4, 0.5) is 0 Å². The van der Waals surface area contributed by atoms with Crippen LogP contribution in [0.15, 0.2) is 114 Å². The van der Waals surface area contributed by atoms with Gasteiger partial charge < -0.3 is 4.98 Å². The monoisotopic (exact) mass is 472 g/mol. The average Bonchev–Trinajstić information content (AvgIpc) is 3.14. The molecule has 0 fully saturated rings. The van der Waals surface area contributed by atoms with Gasteiger partial charge in [0.15, 0.2) is 0 Å². The average molecular weight is 473 g/mol. The molecule has 0 radical (unpaired) electrons. The van der Waals surface area contributed by atoms with Gasteiger partial charge in [-0.25, -0.2) is 0 Å². The van der Waals surface area contributed by atoms with Gasteiger partial charge in [0, 0.05) is 11.1 Å². The Morgan fingerprint density at radius 3 is 2.24 bits per heavy atom. The van der Waals surface area contributed by atoms with Crippen molar-refractivity contribution in [2.45, 2.75) is 13.8 Å². The van der Waals surface area contributed by atoms with Crippen molar-refractivity contribution in [3.05, 3.63) is 136 Å². The maximum Gasteiger partial charge on any atom is 0.0801 e. The van der Waals surface area contributed by atoms with Gasteiger partial charge in [-0.2, -0.15) is 0 Å². The van der Waals surface area contributed by atoms with Crippen LogP contribution in [0.1, 0.15) is 23.7 Å². The molecule has 0 bridgehead atoms. The number of rotatable bonds is 8. The second kappa shape index (κ2) is 11.0. The quantitative estimate of drug-likeness (QED) is 0.242. The third-order valence-corrected chi connectivity index (χ3v) is 6.23. The molecule has 0 spiro atoms. The molecule has 33 heavy (non-hydrogen) atoms. The molecule has 2 aromatic carbocycles. The first-order valence-electron chi connectivity index (χ1n) is 10.5. The van der Waals surface area contributed by atoms with Crippen molar-refractivity contribution in [1.82, 2.24) is 4.98 Å². The van der Waals surface area contributed by atoms with Gasteiger partial charge in [0.25, 0.3) is 0 Å². The van der Waals surface area contributed by atoms with Crippen LogP contribution in [0.2, 0.25) is 5.02 Å². The Balaban J connectivity index is 2.14. The predicted molar refractivity (Wildman–Crippen MR) is 144 cm³/mol. The first-order chi connectivity index (χ1) is 15.8. The fraction of sp³-hybridized carbons (Fsp3) is 0.0690. The zero-order valence-electron chi connectivity index (χ0n) is 18.8. The van der Waals surface area contributed by atoms with E-state index in [1.807, 2.05) is 92.7 Å². The number of allylic oxidation sites excluding steroid dienone is 8. The summed E-state index contributed by atoms with van der Waals surface area (Å²) in [7, 11) is 0. The van der Waals surface area contributed by atoms with Gasteiger partial charge in [0.2, 0.25) is 0 Å². The zero-order chi connectivity index (χ0) is 24.0. The number of halogens is 2. The predicted octanol–water partition coefficient (Wildman–Crippen LogP) is 8.91. The van der Waals surface area contributed by atoms with Gasteiger partial charge in [0.05, 0.1) is 27.2 Å². The van der Waals surface area contributed by atoms with Crippen molar-refractivity contribution >= 4 is 34.5 Å². The standard InChI is InChI=1S/C29H26Cl2N2/c1-5-6-13-19(2)24(18-20(3)25(30)27(32)22-14-9-7-10-15-22)29-26(31)21(4)28(33-29)23-16-11-8-12-17-23/h5-18,32-33H,1-2H2,3-4H3/b13-6-,24-18+,25-20+,32-27?. The highest BCUT2D eigenvalue weighted by atomic mass is 35.5. The fourth-order valence-corrected chi connectivity index (χ4v) is 3.87. The van der Waals surface area contributed by atoms with Gasteiger partial charge in [-0.3, -0.25) is 5.41 Å². The molecule has 0 atom stereocenters. The van der Waals surface area contributed by atoms with E-state index in [2.05, 4.69) is 18.1 Å². The summed E-state index contributed by atoms with van der Waals surface area (Å²) < 4.78 is 0. The van der Waals surface area contributed by atoms with Gasteiger partial charge in [-0.05, 0) is 42.2 Å². The Hall–Kier alpha value is -3.33. The molecule has 0 unspecified atom stereocenters. The highest BCUT2D eigenvalue weighted by Gasteiger charge is 2.19.